The second-order valence-corrected chi connectivity index (χ2v) is 4.58. The fraction of sp³-hybridized carbons (Fsp3) is 0.182. The van der Waals surface area contributed by atoms with E-state index in [1.54, 1.807) is 12.3 Å². The van der Waals surface area contributed by atoms with Gasteiger partial charge in [-0.25, -0.2) is 4.79 Å². The van der Waals surface area contributed by atoms with Crippen molar-refractivity contribution in [2.75, 3.05) is 0 Å². The van der Waals surface area contributed by atoms with Crippen LogP contribution in [-0.2, 0) is 12.8 Å². The predicted octanol–water partition coefficient (Wildman–Crippen LogP) is 2.80. The van der Waals surface area contributed by atoms with E-state index in [4.69, 9.17) is 9.52 Å². The van der Waals surface area contributed by atoms with Gasteiger partial charge in [0.15, 0.2) is 0 Å². The molecule has 0 fully saturated rings. The molecule has 2 heterocycles. The van der Waals surface area contributed by atoms with Gasteiger partial charge in [0.1, 0.15) is 10.6 Å². The van der Waals surface area contributed by atoms with Crippen LogP contribution in [-0.4, -0.2) is 11.1 Å². The Morgan fingerprint density at radius 1 is 1.47 bits per heavy atom. The summed E-state index contributed by atoms with van der Waals surface area (Å²) in [5.74, 6) is 0.126. The van der Waals surface area contributed by atoms with Gasteiger partial charge in [0.25, 0.3) is 0 Å². The molecule has 1 aliphatic rings. The fourth-order valence-corrected chi connectivity index (χ4v) is 3.02. The van der Waals surface area contributed by atoms with Crippen molar-refractivity contribution in [3.8, 4) is 10.4 Å². The molecule has 0 radical (unpaired) electrons. The predicted molar refractivity (Wildman–Crippen MR) is 56.4 cm³/mol. The summed E-state index contributed by atoms with van der Waals surface area (Å²) in [6.07, 6.45) is 3.41. The van der Waals surface area contributed by atoms with Crippen molar-refractivity contribution >= 4 is 17.3 Å². The van der Waals surface area contributed by atoms with E-state index in [0.717, 1.165) is 34.6 Å². The van der Waals surface area contributed by atoms with Gasteiger partial charge in [-0.15, -0.1) is 11.3 Å². The van der Waals surface area contributed by atoms with E-state index >= 15 is 0 Å². The summed E-state index contributed by atoms with van der Waals surface area (Å²) >= 11 is 1.33. The quantitative estimate of drug-likeness (QED) is 0.803. The second-order valence-electron chi connectivity index (χ2n) is 3.53. The van der Waals surface area contributed by atoms with Gasteiger partial charge in [0.2, 0.25) is 0 Å². The molecule has 1 N–H and O–H groups in total. The maximum absolute atomic E-state index is 10.9. The molecule has 0 amide bonds. The molecule has 0 spiro atoms. The zero-order chi connectivity index (χ0) is 10.4. The van der Waals surface area contributed by atoms with Crippen LogP contribution < -0.4 is 0 Å². The number of thiophene rings is 1. The zero-order valence-electron chi connectivity index (χ0n) is 7.82. The summed E-state index contributed by atoms with van der Waals surface area (Å²) in [6, 6.07) is 3.69. The normalized spacial score (nSPS) is 13.3. The van der Waals surface area contributed by atoms with Crippen molar-refractivity contribution < 1.29 is 14.3 Å². The van der Waals surface area contributed by atoms with Crippen molar-refractivity contribution in [1.82, 2.24) is 0 Å². The van der Waals surface area contributed by atoms with Crippen molar-refractivity contribution in [2.24, 2.45) is 0 Å². The summed E-state index contributed by atoms with van der Waals surface area (Å²) in [7, 11) is 0. The Bertz CT molecular complexity index is 536. The first-order valence-electron chi connectivity index (χ1n) is 4.68. The van der Waals surface area contributed by atoms with Gasteiger partial charge < -0.3 is 9.52 Å². The molecular formula is C11H8O3S. The average molecular weight is 220 g/mol. The number of rotatable bonds is 1. The number of hydrogen-bond acceptors (Lipinski definition) is 3. The molecule has 0 bridgehead atoms. The highest BCUT2D eigenvalue weighted by Gasteiger charge is 2.22. The Balaban J connectivity index is 2.20. The standard InChI is InChI=1S/C11H8O3S/c12-11(13)9-5-6-1-2-8-7(3-4-14-8)10(6)15-9/h3-5H,1-2H2,(H,12,13). The van der Waals surface area contributed by atoms with Crippen LogP contribution in [0.25, 0.3) is 10.4 Å². The lowest BCUT2D eigenvalue weighted by Gasteiger charge is -2.09. The van der Waals surface area contributed by atoms with E-state index < -0.39 is 5.97 Å². The molecule has 0 saturated heterocycles. The van der Waals surface area contributed by atoms with Crippen LogP contribution in [0, 0.1) is 0 Å². The largest absolute Gasteiger partial charge is 0.477 e. The Labute approximate surface area is 90.0 Å². The van der Waals surface area contributed by atoms with Gasteiger partial charge in [-0.3, -0.25) is 0 Å². The van der Waals surface area contributed by atoms with Crippen molar-refractivity contribution in [3.63, 3.8) is 0 Å². The number of carboxylic acids is 1. The molecule has 4 heteroatoms. The molecule has 76 valence electrons. The summed E-state index contributed by atoms with van der Waals surface area (Å²) < 4.78 is 5.34. The third-order valence-electron chi connectivity index (χ3n) is 2.63. The van der Waals surface area contributed by atoms with E-state index in [0.29, 0.717) is 4.88 Å². The molecule has 0 aromatic carbocycles. The molecule has 2 aromatic heterocycles. The van der Waals surface area contributed by atoms with Gasteiger partial charge >= 0.3 is 5.97 Å². The van der Waals surface area contributed by atoms with Crippen LogP contribution in [0.3, 0.4) is 0 Å². The molecule has 3 nitrogen and oxygen atoms in total. The lowest BCUT2D eigenvalue weighted by atomic mass is 9.98. The number of aromatic carboxylic acids is 1. The lowest BCUT2D eigenvalue weighted by Crippen LogP contribution is -1.97. The van der Waals surface area contributed by atoms with Gasteiger partial charge in [0, 0.05) is 16.9 Å². The maximum Gasteiger partial charge on any atom is 0.345 e. The van der Waals surface area contributed by atoms with E-state index in [2.05, 4.69) is 0 Å². The van der Waals surface area contributed by atoms with Crippen LogP contribution >= 0.6 is 11.3 Å². The highest BCUT2D eigenvalue weighted by Crippen LogP contribution is 2.39. The molecule has 0 aliphatic heterocycles. The summed E-state index contributed by atoms with van der Waals surface area (Å²) in [5.41, 5.74) is 2.19. The first-order valence-corrected chi connectivity index (χ1v) is 5.50. The number of carbonyl (C=O) groups is 1. The molecule has 0 saturated carbocycles. The Morgan fingerprint density at radius 3 is 3.13 bits per heavy atom. The number of aryl methyl sites for hydroxylation is 2. The van der Waals surface area contributed by atoms with Gasteiger partial charge in [-0.1, -0.05) is 0 Å². The van der Waals surface area contributed by atoms with Crippen molar-refractivity contribution in [2.45, 2.75) is 12.8 Å². The molecular weight excluding hydrogens is 212 g/mol. The minimum atomic E-state index is -0.848. The molecule has 0 unspecified atom stereocenters. The summed E-state index contributed by atoms with van der Waals surface area (Å²) in [6.45, 7) is 0. The number of furan rings is 1. The van der Waals surface area contributed by atoms with Gasteiger partial charge in [0.05, 0.1) is 6.26 Å². The number of hydrogen-bond donors (Lipinski definition) is 1. The minimum absolute atomic E-state index is 0.411. The fourth-order valence-electron chi connectivity index (χ4n) is 1.93. The Morgan fingerprint density at radius 2 is 2.33 bits per heavy atom. The second kappa shape index (κ2) is 2.97. The maximum atomic E-state index is 10.9. The van der Waals surface area contributed by atoms with Crippen LogP contribution in [0.15, 0.2) is 22.8 Å². The van der Waals surface area contributed by atoms with Gasteiger partial charge in [-0.05, 0) is 24.1 Å². The van der Waals surface area contributed by atoms with Crippen LogP contribution in [0.5, 0.6) is 0 Å². The minimum Gasteiger partial charge on any atom is -0.477 e. The molecule has 1 aliphatic carbocycles. The Kier molecular flexibility index (Phi) is 1.73. The topological polar surface area (TPSA) is 50.4 Å². The van der Waals surface area contributed by atoms with Crippen LogP contribution in [0.2, 0.25) is 0 Å². The van der Waals surface area contributed by atoms with E-state index in [1.165, 1.54) is 11.3 Å². The monoisotopic (exact) mass is 220 g/mol. The van der Waals surface area contributed by atoms with Gasteiger partial charge in [-0.2, -0.15) is 0 Å². The van der Waals surface area contributed by atoms with E-state index in [-0.39, 0.29) is 0 Å². The number of carboxylic acid groups (broad SMARTS) is 1. The molecule has 15 heavy (non-hydrogen) atoms. The SMILES string of the molecule is O=C(O)c1cc2c(s1)-c1ccoc1CC2. The molecule has 0 atom stereocenters. The van der Waals surface area contributed by atoms with E-state index in [9.17, 15) is 4.79 Å². The Hall–Kier alpha value is -1.55. The molecule has 3 rings (SSSR count). The van der Waals surface area contributed by atoms with E-state index in [1.807, 2.05) is 6.07 Å². The van der Waals surface area contributed by atoms with Crippen LogP contribution in [0.1, 0.15) is 21.0 Å². The smallest absolute Gasteiger partial charge is 0.345 e. The highest BCUT2D eigenvalue weighted by molar-refractivity contribution is 7.17. The summed E-state index contributed by atoms with van der Waals surface area (Å²) in [5, 5.41) is 8.92. The van der Waals surface area contributed by atoms with Crippen LogP contribution in [0.4, 0.5) is 0 Å². The average Bonchev–Trinajstić information content (AvgIpc) is 2.82. The molecule has 2 aromatic rings. The lowest BCUT2D eigenvalue weighted by molar-refractivity contribution is 0.0702. The third kappa shape index (κ3) is 1.22. The first-order chi connectivity index (χ1) is 7.25. The summed E-state index contributed by atoms with van der Waals surface area (Å²) in [4.78, 5) is 12.3. The third-order valence-corrected chi connectivity index (χ3v) is 3.83. The van der Waals surface area contributed by atoms with Crippen molar-refractivity contribution in [1.29, 1.82) is 0 Å². The first kappa shape index (κ1) is 8.73. The number of fused-ring (bicyclic) bond motifs is 3. The zero-order valence-corrected chi connectivity index (χ0v) is 8.63. The highest BCUT2D eigenvalue weighted by atomic mass is 32.1. The van der Waals surface area contributed by atoms with Crippen molar-refractivity contribution in [3.05, 3.63) is 34.6 Å².